The van der Waals surface area contributed by atoms with Gasteiger partial charge in [-0.2, -0.15) is 5.10 Å². The van der Waals surface area contributed by atoms with Crippen LogP contribution in [0.15, 0.2) is 36.5 Å². The third-order valence-electron chi connectivity index (χ3n) is 3.02. The molecule has 0 spiro atoms. The third-order valence-corrected chi connectivity index (χ3v) is 3.02. The highest BCUT2D eigenvalue weighted by molar-refractivity contribution is 5.95. The summed E-state index contributed by atoms with van der Waals surface area (Å²) in [6.45, 7) is 0.285. The van der Waals surface area contributed by atoms with Crippen molar-refractivity contribution >= 4 is 11.9 Å². The Balaban J connectivity index is 2.23. The number of hydrogen-bond acceptors (Lipinski definition) is 4. The van der Waals surface area contributed by atoms with Crippen molar-refractivity contribution in [2.24, 2.45) is 0 Å². The molecule has 2 rings (SSSR count). The lowest BCUT2D eigenvalue weighted by molar-refractivity contribution is -0.136. The van der Waals surface area contributed by atoms with Crippen LogP contribution in [0.3, 0.4) is 0 Å². The fourth-order valence-electron chi connectivity index (χ4n) is 2.01. The minimum Gasteiger partial charge on any atom is -0.481 e. The number of carboxylic acid groups (broad SMARTS) is 1. The van der Waals surface area contributed by atoms with Gasteiger partial charge in [-0.15, -0.1) is 0 Å². The van der Waals surface area contributed by atoms with Gasteiger partial charge < -0.3 is 15.2 Å². The number of nitrogens with zero attached hydrogens (tertiary/aromatic N) is 2. The van der Waals surface area contributed by atoms with E-state index in [4.69, 9.17) is 9.84 Å². The predicted octanol–water partition coefficient (Wildman–Crippen LogP) is 1.22. The van der Waals surface area contributed by atoms with E-state index in [2.05, 4.69) is 10.4 Å². The van der Waals surface area contributed by atoms with E-state index < -0.39 is 5.97 Å². The van der Waals surface area contributed by atoms with E-state index in [1.807, 2.05) is 30.3 Å². The molecule has 1 aromatic heterocycles. The van der Waals surface area contributed by atoms with Gasteiger partial charge in [0, 0.05) is 13.7 Å². The molecule has 0 bridgehead atoms. The van der Waals surface area contributed by atoms with Gasteiger partial charge in [-0.05, 0) is 12.1 Å². The molecular weight excluding hydrogens is 286 g/mol. The summed E-state index contributed by atoms with van der Waals surface area (Å²) >= 11 is 0. The highest BCUT2D eigenvalue weighted by atomic mass is 16.5. The van der Waals surface area contributed by atoms with Crippen molar-refractivity contribution < 1.29 is 19.4 Å². The van der Waals surface area contributed by atoms with Gasteiger partial charge in [-0.3, -0.25) is 9.59 Å². The van der Waals surface area contributed by atoms with E-state index in [0.29, 0.717) is 11.3 Å². The second kappa shape index (κ2) is 7.37. The Hall–Kier alpha value is -2.67. The van der Waals surface area contributed by atoms with Crippen molar-refractivity contribution in [3.63, 3.8) is 0 Å². The zero-order chi connectivity index (χ0) is 15.9. The largest absolute Gasteiger partial charge is 0.481 e. The van der Waals surface area contributed by atoms with Gasteiger partial charge in [0.05, 0.1) is 36.2 Å². The molecule has 0 atom stereocenters. The zero-order valence-corrected chi connectivity index (χ0v) is 12.2. The van der Waals surface area contributed by atoms with Crippen LogP contribution in [0.5, 0.6) is 0 Å². The number of carbonyl (C=O) groups is 2. The summed E-state index contributed by atoms with van der Waals surface area (Å²) in [4.78, 5) is 22.6. The zero-order valence-electron chi connectivity index (χ0n) is 12.2. The lowest BCUT2D eigenvalue weighted by atomic mass is 10.2. The molecule has 0 fully saturated rings. The van der Waals surface area contributed by atoms with Gasteiger partial charge in [-0.1, -0.05) is 18.2 Å². The van der Waals surface area contributed by atoms with Crippen molar-refractivity contribution in [1.29, 1.82) is 0 Å². The smallest absolute Gasteiger partial charge is 0.305 e. The number of benzene rings is 1. The number of nitrogens with one attached hydrogen (secondary N) is 1. The maximum absolute atomic E-state index is 12.2. The Morgan fingerprint density at radius 1 is 1.32 bits per heavy atom. The quantitative estimate of drug-likeness (QED) is 0.802. The first-order valence-corrected chi connectivity index (χ1v) is 6.74. The number of hydrogen-bond donors (Lipinski definition) is 2. The molecule has 0 aliphatic carbocycles. The number of rotatable bonds is 7. The summed E-state index contributed by atoms with van der Waals surface area (Å²) in [6.07, 6.45) is 1.33. The molecule has 2 N–H and O–H groups in total. The van der Waals surface area contributed by atoms with E-state index in [0.717, 1.165) is 5.69 Å². The number of carbonyl (C=O) groups excluding carboxylic acids is 1. The van der Waals surface area contributed by atoms with Crippen molar-refractivity contribution in [2.75, 3.05) is 13.7 Å². The first-order chi connectivity index (χ1) is 10.6. The number of aromatic nitrogens is 2. The lowest BCUT2D eigenvalue weighted by Gasteiger charge is -2.09. The van der Waals surface area contributed by atoms with Crippen LogP contribution < -0.4 is 5.32 Å². The molecular formula is C15H17N3O4. The summed E-state index contributed by atoms with van der Waals surface area (Å²) in [5, 5.41) is 15.4. The van der Waals surface area contributed by atoms with Crippen LogP contribution in [0.2, 0.25) is 0 Å². The average Bonchev–Trinajstić information content (AvgIpc) is 2.92. The molecule has 116 valence electrons. The predicted molar refractivity (Wildman–Crippen MR) is 78.9 cm³/mol. The van der Waals surface area contributed by atoms with E-state index >= 15 is 0 Å². The van der Waals surface area contributed by atoms with E-state index in [9.17, 15) is 9.59 Å². The molecule has 1 aromatic carbocycles. The van der Waals surface area contributed by atoms with E-state index in [-0.39, 0.29) is 25.5 Å². The topological polar surface area (TPSA) is 93.4 Å². The summed E-state index contributed by atoms with van der Waals surface area (Å²) in [5.41, 5.74) is 1.80. The summed E-state index contributed by atoms with van der Waals surface area (Å²) in [7, 11) is 1.54. The summed E-state index contributed by atoms with van der Waals surface area (Å²) in [5.74, 6) is -1.33. The van der Waals surface area contributed by atoms with Gasteiger partial charge in [0.15, 0.2) is 0 Å². The molecule has 0 aliphatic heterocycles. The Morgan fingerprint density at radius 2 is 2.05 bits per heavy atom. The fourth-order valence-corrected chi connectivity index (χ4v) is 2.01. The van der Waals surface area contributed by atoms with Gasteiger partial charge >= 0.3 is 5.97 Å². The van der Waals surface area contributed by atoms with Crippen molar-refractivity contribution in [2.45, 2.75) is 13.0 Å². The Labute approximate surface area is 127 Å². The number of amides is 1. The molecule has 7 heteroatoms. The molecule has 7 nitrogen and oxygen atoms in total. The van der Waals surface area contributed by atoms with Crippen LogP contribution >= 0.6 is 0 Å². The van der Waals surface area contributed by atoms with Gasteiger partial charge in [-0.25, -0.2) is 4.68 Å². The summed E-state index contributed by atoms with van der Waals surface area (Å²) in [6, 6.07) is 9.39. The first kappa shape index (κ1) is 15.7. The highest BCUT2D eigenvalue weighted by Crippen LogP contribution is 2.16. The molecule has 0 saturated carbocycles. The van der Waals surface area contributed by atoms with E-state index in [1.165, 1.54) is 13.3 Å². The second-order valence-electron chi connectivity index (χ2n) is 4.58. The number of carboxylic acids is 1. The Morgan fingerprint density at radius 3 is 2.68 bits per heavy atom. The minimum absolute atomic E-state index is 0.0666. The molecule has 22 heavy (non-hydrogen) atoms. The van der Waals surface area contributed by atoms with Crippen LogP contribution in [-0.4, -0.2) is 40.4 Å². The van der Waals surface area contributed by atoms with Gasteiger partial charge in [0.1, 0.15) is 0 Å². The van der Waals surface area contributed by atoms with Crippen molar-refractivity contribution in [1.82, 2.24) is 15.1 Å². The van der Waals surface area contributed by atoms with Crippen LogP contribution in [0, 0.1) is 0 Å². The highest BCUT2D eigenvalue weighted by Gasteiger charge is 2.18. The molecule has 0 unspecified atom stereocenters. The fraction of sp³-hybridized carbons (Fsp3) is 0.267. The summed E-state index contributed by atoms with van der Waals surface area (Å²) < 4.78 is 6.78. The third kappa shape index (κ3) is 3.70. The second-order valence-corrected chi connectivity index (χ2v) is 4.58. The van der Waals surface area contributed by atoms with Crippen LogP contribution in [-0.2, 0) is 16.1 Å². The van der Waals surface area contributed by atoms with Crippen molar-refractivity contribution in [3.8, 4) is 5.69 Å². The number of methoxy groups -OCH3 is 1. The average molecular weight is 303 g/mol. The molecule has 2 aromatic rings. The maximum atomic E-state index is 12.2. The molecule has 0 radical (unpaired) electrons. The van der Waals surface area contributed by atoms with E-state index in [1.54, 1.807) is 4.68 Å². The monoisotopic (exact) mass is 303 g/mol. The standard InChI is InChI=1S/C15H17N3O4/c1-22-10-13-12(15(21)16-8-7-14(19)20)9-17-18(13)11-5-3-2-4-6-11/h2-6,9H,7-8,10H2,1H3,(H,16,21)(H,19,20). The Kier molecular flexibility index (Phi) is 5.26. The van der Waals surface area contributed by atoms with Crippen LogP contribution in [0.1, 0.15) is 22.5 Å². The normalized spacial score (nSPS) is 10.4. The van der Waals surface area contributed by atoms with Crippen molar-refractivity contribution in [3.05, 3.63) is 47.8 Å². The minimum atomic E-state index is -0.961. The van der Waals surface area contributed by atoms with Crippen LogP contribution in [0.4, 0.5) is 0 Å². The number of ether oxygens (including phenoxy) is 1. The van der Waals surface area contributed by atoms with Crippen LogP contribution in [0.25, 0.3) is 5.69 Å². The lowest BCUT2D eigenvalue weighted by Crippen LogP contribution is -2.26. The molecule has 0 aliphatic rings. The van der Waals surface area contributed by atoms with Gasteiger partial charge in [0.2, 0.25) is 0 Å². The maximum Gasteiger partial charge on any atom is 0.305 e. The number of aliphatic carboxylic acids is 1. The molecule has 0 saturated heterocycles. The molecule has 1 amide bonds. The Bertz CT molecular complexity index is 652. The molecule has 1 heterocycles. The van der Waals surface area contributed by atoms with Gasteiger partial charge in [0.25, 0.3) is 5.91 Å². The SMILES string of the molecule is COCc1c(C(=O)NCCC(=O)O)cnn1-c1ccccc1. The number of para-hydroxylation sites is 1. The first-order valence-electron chi connectivity index (χ1n) is 6.74.